The first-order valence-corrected chi connectivity index (χ1v) is 4.90. The number of alkyl halides is 1. The van der Waals surface area contributed by atoms with E-state index in [-0.39, 0.29) is 6.61 Å². The van der Waals surface area contributed by atoms with Gasteiger partial charge < -0.3 is 9.47 Å². The van der Waals surface area contributed by atoms with Crippen molar-refractivity contribution in [2.45, 2.75) is 6.92 Å². The number of hydrogen-bond acceptors (Lipinski definition) is 4. The first-order valence-electron chi connectivity index (χ1n) is 3.78. The monoisotopic (exact) mass is 250 g/mol. The Hall–Kier alpha value is -0.840. The van der Waals surface area contributed by atoms with Crippen LogP contribution in [0.25, 0.3) is 0 Å². The second kappa shape index (κ2) is 7.79. The van der Waals surface area contributed by atoms with E-state index in [4.69, 9.17) is 0 Å². The van der Waals surface area contributed by atoms with Gasteiger partial charge in [0.05, 0.1) is 6.61 Å². The number of esters is 2. The third kappa shape index (κ3) is 7.52. The molecule has 0 unspecified atom stereocenters. The quantitative estimate of drug-likeness (QED) is 0.416. The summed E-state index contributed by atoms with van der Waals surface area (Å²) in [7, 11) is 0. The molecule has 5 heteroatoms. The van der Waals surface area contributed by atoms with E-state index in [1.54, 1.807) is 6.92 Å². The van der Waals surface area contributed by atoms with Gasteiger partial charge in [-0.3, -0.25) is 0 Å². The highest BCUT2D eigenvalue weighted by molar-refractivity contribution is 9.09. The zero-order chi connectivity index (χ0) is 10.1. The van der Waals surface area contributed by atoms with Crippen molar-refractivity contribution in [2.75, 3.05) is 18.5 Å². The van der Waals surface area contributed by atoms with E-state index < -0.39 is 11.9 Å². The molecule has 0 heterocycles. The SMILES string of the molecule is CCOC(=O)/C=C/C(=O)OCCBr. The molecule has 0 aliphatic carbocycles. The molecular weight excluding hydrogens is 240 g/mol. The van der Waals surface area contributed by atoms with Crippen LogP contribution in [-0.2, 0) is 19.1 Å². The molecular formula is C8H11BrO4. The standard InChI is InChI=1S/C8H11BrO4/c1-2-12-7(10)3-4-8(11)13-6-5-9/h3-4H,2,5-6H2,1H3/b4-3+. The lowest BCUT2D eigenvalue weighted by atomic mass is 10.5. The van der Waals surface area contributed by atoms with Crippen molar-refractivity contribution >= 4 is 27.9 Å². The van der Waals surface area contributed by atoms with Gasteiger partial charge in [0.1, 0.15) is 6.61 Å². The molecule has 0 aromatic carbocycles. The topological polar surface area (TPSA) is 52.6 Å². The maximum atomic E-state index is 10.8. The van der Waals surface area contributed by atoms with Crippen LogP contribution in [0.1, 0.15) is 6.92 Å². The van der Waals surface area contributed by atoms with Crippen molar-refractivity contribution in [3.8, 4) is 0 Å². The summed E-state index contributed by atoms with van der Waals surface area (Å²) in [5, 5.41) is 0.575. The van der Waals surface area contributed by atoms with Gasteiger partial charge in [-0.05, 0) is 6.92 Å². The maximum Gasteiger partial charge on any atom is 0.331 e. The van der Waals surface area contributed by atoms with Crippen molar-refractivity contribution in [3.63, 3.8) is 0 Å². The Morgan fingerprint density at radius 2 is 1.77 bits per heavy atom. The Morgan fingerprint density at radius 3 is 2.23 bits per heavy atom. The van der Waals surface area contributed by atoms with E-state index in [0.29, 0.717) is 11.9 Å². The minimum absolute atomic E-state index is 0.284. The first kappa shape index (κ1) is 12.2. The number of rotatable bonds is 5. The Morgan fingerprint density at radius 1 is 1.23 bits per heavy atom. The third-order valence-electron chi connectivity index (χ3n) is 0.964. The van der Waals surface area contributed by atoms with Crippen LogP contribution in [0.15, 0.2) is 12.2 Å². The number of halogens is 1. The second-order valence-electron chi connectivity index (χ2n) is 1.94. The Labute approximate surface area is 85.0 Å². The van der Waals surface area contributed by atoms with Gasteiger partial charge in [0.25, 0.3) is 0 Å². The van der Waals surface area contributed by atoms with Crippen LogP contribution >= 0.6 is 15.9 Å². The summed E-state index contributed by atoms with van der Waals surface area (Å²) in [6.45, 7) is 2.26. The summed E-state index contributed by atoms with van der Waals surface area (Å²) >= 11 is 3.09. The van der Waals surface area contributed by atoms with E-state index in [1.807, 2.05) is 0 Å². The normalized spacial score (nSPS) is 10.0. The molecule has 0 saturated carbocycles. The van der Waals surface area contributed by atoms with Crippen LogP contribution in [0, 0.1) is 0 Å². The summed E-state index contributed by atoms with van der Waals surface area (Å²) in [6.07, 6.45) is 2.08. The second-order valence-corrected chi connectivity index (χ2v) is 2.73. The summed E-state index contributed by atoms with van der Waals surface area (Å²) in [5.41, 5.74) is 0. The third-order valence-corrected chi connectivity index (χ3v) is 1.29. The Balaban J connectivity index is 3.69. The molecule has 0 fully saturated rings. The molecule has 0 radical (unpaired) electrons. The zero-order valence-electron chi connectivity index (χ0n) is 7.29. The van der Waals surface area contributed by atoms with Crippen molar-refractivity contribution in [1.82, 2.24) is 0 Å². The molecule has 0 rings (SSSR count). The molecule has 4 nitrogen and oxygen atoms in total. The lowest BCUT2D eigenvalue weighted by Gasteiger charge is -1.97. The van der Waals surface area contributed by atoms with Gasteiger partial charge in [0, 0.05) is 17.5 Å². The minimum Gasteiger partial charge on any atom is -0.463 e. The fraction of sp³-hybridized carbons (Fsp3) is 0.500. The number of carbonyl (C=O) groups is 2. The fourth-order valence-corrected chi connectivity index (χ4v) is 0.676. The van der Waals surface area contributed by atoms with Crippen LogP contribution in [0.2, 0.25) is 0 Å². The summed E-state index contributed by atoms with van der Waals surface area (Å²) in [6, 6.07) is 0. The molecule has 0 aliphatic rings. The molecule has 0 aliphatic heterocycles. The average molecular weight is 251 g/mol. The van der Waals surface area contributed by atoms with Gasteiger partial charge in [-0.1, -0.05) is 15.9 Å². The largest absolute Gasteiger partial charge is 0.463 e. The molecule has 0 saturated heterocycles. The minimum atomic E-state index is -0.549. The molecule has 0 amide bonds. The smallest absolute Gasteiger partial charge is 0.331 e. The molecule has 0 atom stereocenters. The predicted molar refractivity (Wildman–Crippen MR) is 50.5 cm³/mol. The van der Waals surface area contributed by atoms with Gasteiger partial charge in [-0.2, -0.15) is 0 Å². The highest BCUT2D eigenvalue weighted by Crippen LogP contribution is 1.87. The first-order chi connectivity index (χ1) is 6.20. The summed E-state index contributed by atoms with van der Waals surface area (Å²) < 4.78 is 9.19. The van der Waals surface area contributed by atoms with Crippen LogP contribution < -0.4 is 0 Å². The van der Waals surface area contributed by atoms with Gasteiger partial charge in [-0.15, -0.1) is 0 Å². The van der Waals surface area contributed by atoms with Gasteiger partial charge in [-0.25, -0.2) is 9.59 Å². The zero-order valence-corrected chi connectivity index (χ0v) is 8.87. The van der Waals surface area contributed by atoms with E-state index in [9.17, 15) is 9.59 Å². The lowest BCUT2D eigenvalue weighted by Crippen LogP contribution is -2.05. The number of ether oxygens (including phenoxy) is 2. The molecule has 74 valence electrons. The van der Waals surface area contributed by atoms with E-state index >= 15 is 0 Å². The van der Waals surface area contributed by atoms with E-state index in [1.165, 1.54) is 0 Å². The fourth-order valence-electron chi connectivity index (χ4n) is 0.514. The van der Waals surface area contributed by atoms with Crippen molar-refractivity contribution in [2.24, 2.45) is 0 Å². The highest BCUT2D eigenvalue weighted by atomic mass is 79.9. The predicted octanol–water partition coefficient (Wildman–Crippen LogP) is 1.04. The Bertz CT molecular complexity index is 200. The molecule has 0 spiro atoms. The molecule has 0 aromatic heterocycles. The van der Waals surface area contributed by atoms with Crippen molar-refractivity contribution < 1.29 is 19.1 Å². The van der Waals surface area contributed by atoms with Crippen LogP contribution in [0.4, 0.5) is 0 Å². The van der Waals surface area contributed by atoms with Gasteiger partial charge in [0.2, 0.25) is 0 Å². The average Bonchev–Trinajstić information content (AvgIpc) is 2.12. The van der Waals surface area contributed by atoms with Crippen molar-refractivity contribution in [3.05, 3.63) is 12.2 Å². The van der Waals surface area contributed by atoms with Gasteiger partial charge in [0.15, 0.2) is 0 Å². The van der Waals surface area contributed by atoms with E-state index in [0.717, 1.165) is 12.2 Å². The highest BCUT2D eigenvalue weighted by Gasteiger charge is 1.98. The number of hydrogen-bond donors (Lipinski definition) is 0. The van der Waals surface area contributed by atoms with E-state index in [2.05, 4.69) is 25.4 Å². The van der Waals surface area contributed by atoms with Gasteiger partial charge >= 0.3 is 11.9 Å². The summed E-state index contributed by atoms with van der Waals surface area (Å²) in [4.78, 5) is 21.5. The molecule has 0 N–H and O–H groups in total. The van der Waals surface area contributed by atoms with Crippen LogP contribution in [0.3, 0.4) is 0 Å². The van der Waals surface area contributed by atoms with Crippen molar-refractivity contribution in [1.29, 1.82) is 0 Å². The number of carbonyl (C=O) groups excluding carboxylic acids is 2. The molecule has 0 bridgehead atoms. The lowest BCUT2D eigenvalue weighted by molar-refractivity contribution is -0.139. The maximum absolute atomic E-state index is 10.8. The Kier molecular flexibility index (Phi) is 7.29. The molecule has 0 aromatic rings. The summed E-state index contributed by atoms with van der Waals surface area (Å²) in [5.74, 6) is -1.09. The van der Waals surface area contributed by atoms with Crippen LogP contribution in [-0.4, -0.2) is 30.5 Å². The van der Waals surface area contributed by atoms with Crippen LogP contribution in [0.5, 0.6) is 0 Å². The molecule has 13 heavy (non-hydrogen) atoms.